The quantitative estimate of drug-likeness (QED) is 0.289. The third-order valence-electron chi connectivity index (χ3n) is 3.85. The van der Waals surface area contributed by atoms with Gasteiger partial charge in [-0.15, -0.1) is 16.8 Å². The van der Waals surface area contributed by atoms with Crippen molar-refractivity contribution in [2.45, 2.75) is 25.5 Å². The fraction of sp³-hybridized carbons (Fsp3) is 0.300. The molecule has 7 heteroatoms. The van der Waals surface area contributed by atoms with E-state index in [4.69, 9.17) is 13.9 Å². The average Bonchev–Trinajstić information content (AvgIpc) is 3.27. The highest BCUT2D eigenvalue weighted by Crippen LogP contribution is 2.27. The van der Waals surface area contributed by atoms with Crippen molar-refractivity contribution in [2.24, 2.45) is 0 Å². The Kier molecular flexibility index (Phi) is 6.59. The number of hydrogen-bond acceptors (Lipinski definition) is 6. The normalized spacial score (nSPS) is 10.7. The lowest BCUT2D eigenvalue weighted by Crippen LogP contribution is -2.04. The summed E-state index contributed by atoms with van der Waals surface area (Å²) in [5.74, 6) is 4.03. The van der Waals surface area contributed by atoms with E-state index in [1.165, 1.54) is 0 Å². The molecule has 0 saturated carbocycles. The molecular weight excluding hydrogens is 362 g/mol. The van der Waals surface area contributed by atoms with Crippen LogP contribution in [0.3, 0.4) is 0 Å². The molecule has 0 radical (unpaired) electrons. The van der Waals surface area contributed by atoms with Gasteiger partial charge in [0, 0.05) is 12.3 Å². The van der Waals surface area contributed by atoms with Crippen LogP contribution in [0.4, 0.5) is 0 Å². The number of aryl methyl sites for hydroxylation is 1. The van der Waals surface area contributed by atoms with Gasteiger partial charge in [-0.3, -0.25) is 4.57 Å². The summed E-state index contributed by atoms with van der Waals surface area (Å²) >= 11 is 1.60. The first kappa shape index (κ1) is 19.1. The number of rotatable bonds is 10. The van der Waals surface area contributed by atoms with Gasteiger partial charge in [-0.1, -0.05) is 17.8 Å². The summed E-state index contributed by atoms with van der Waals surface area (Å²) in [4.78, 5) is 0. The third-order valence-corrected chi connectivity index (χ3v) is 4.78. The zero-order valence-electron chi connectivity index (χ0n) is 15.6. The number of furan rings is 1. The maximum absolute atomic E-state index is 5.79. The Bertz CT molecular complexity index is 871. The molecule has 0 fully saturated rings. The highest BCUT2D eigenvalue weighted by molar-refractivity contribution is 7.99. The van der Waals surface area contributed by atoms with Crippen molar-refractivity contribution in [1.29, 1.82) is 0 Å². The van der Waals surface area contributed by atoms with E-state index in [1.807, 2.05) is 54.8 Å². The molecule has 0 N–H and O–H groups in total. The van der Waals surface area contributed by atoms with Crippen molar-refractivity contribution >= 4 is 11.8 Å². The molecule has 0 spiro atoms. The van der Waals surface area contributed by atoms with Crippen molar-refractivity contribution in [3.05, 3.63) is 55.0 Å². The van der Waals surface area contributed by atoms with Gasteiger partial charge >= 0.3 is 0 Å². The van der Waals surface area contributed by atoms with E-state index in [2.05, 4.69) is 16.8 Å². The van der Waals surface area contributed by atoms with Crippen molar-refractivity contribution in [2.75, 3.05) is 19.0 Å². The van der Waals surface area contributed by atoms with Crippen LogP contribution in [-0.2, 0) is 6.54 Å². The molecule has 0 aliphatic heterocycles. The van der Waals surface area contributed by atoms with Gasteiger partial charge in [-0.25, -0.2) is 0 Å². The van der Waals surface area contributed by atoms with Crippen molar-refractivity contribution in [3.8, 4) is 22.9 Å². The largest absolute Gasteiger partial charge is 0.494 e. The van der Waals surface area contributed by atoms with Crippen molar-refractivity contribution < 1.29 is 13.9 Å². The van der Waals surface area contributed by atoms with Gasteiger partial charge in [-0.2, -0.15) is 0 Å². The van der Waals surface area contributed by atoms with Crippen LogP contribution in [0, 0.1) is 6.92 Å². The first-order chi connectivity index (χ1) is 13.2. The fourth-order valence-corrected chi connectivity index (χ4v) is 3.36. The van der Waals surface area contributed by atoms with Crippen LogP contribution < -0.4 is 9.47 Å². The van der Waals surface area contributed by atoms with E-state index >= 15 is 0 Å². The Morgan fingerprint density at radius 1 is 1.15 bits per heavy atom. The van der Waals surface area contributed by atoms with Gasteiger partial charge in [-0.05, 0) is 44.2 Å². The molecular formula is C20H23N3O3S. The highest BCUT2D eigenvalue weighted by atomic mass is 32.2. The van der Waals surface area contributed by atoms with Crippen LogP contribution in [0.2, 0.25) is 0 Å². The number of hydrogen-bond donors (Lipinski definition) is 0. The Morgan fingerprint density at radius 2 is 1.89 bits per heavy atom. The molecule has 0 aliphatic carbocycles. The summed E-state index contributed by atoms with van der Waals surface area (Å²) in [6.45, 7) is 9.57. The minimum Gasteiger partial charge on any atom is -0.494 e. The lowest BCUT2D eigenvalue weighted by molar-refractivity contribution is 0.332. The predicted molar refractivity (Wildman–Crippen MR) is 106 cm³/mol. The molecule has 2 heterocycles. The second-order valence-electron chi connectivity index (χ2n) is 5.70. The van der Waals surface area contributed by atoms with Crippen LogP contribution in [0.15, 0.2) is 58.8 Å². The fourth-order valence-electron chi connectivity index (χ4n) is 2.60. The summed E-state index contributed by atoms with van der Waals surface area (Å²) < 4.78 is 18.6. The molecule has 0 unspecified atom stereocenters. The first-order valence-corrected chi connectivity index (χ1v) is 9.78. The molecule has 142 valence electrons. The summed E-state index contributed by atoms with van der Waals surface area (Å²) in [5.41, 5.74) is 0.946. The van der Waals surface area contributed by atoms with Crippen LogP contribution in [0.5, 0.6) is 11.5 Å². The van der Waals surface area contributed by atoms with E-state index in [-0.39, 0.29) is 0 Å². The molecule has 6 nitrogen and oxygen atoms in total. The van der Waals surface area contributed by atoms with Gasteiger partial charge in [0.2, 0.25) is 0 Å². The number of nitrogens with zero attached hydrogens (tertiary/aromatic N) is 3. The van der Waals surface area contributed by atoms with Gasteiger partial charge in [0.1, 0.15) is 17.3 Å². The Balaban J connectivity index is 1.58. The van der Waals surface area contributed by atoms with E-state index in [1.54, 1.807) is 18.0 Å². The van der Waals surface area contributed by atoms with E-state index in [9.17, 15) is 0 Å². The topological polar surface area (TPSA) is 62.3 Å². The second kappa shape index (κ2) is 9.32. The van der Waals surface area contributed by atoms with Crippen molar-refractivity contribution in [3.63, 3.8) is 0 Å². The maximum atomic E-state index is 5.79. The van der Waals surface area contributed by atoms with E-state index in [0.717, 1.165) is 39.6 Å². The lowest BCUT2D eigenvalue weighted by Gasteiger charge is -2.09. The lowest BCUT2D eigenvalue weighted by atomic mass is 10.2. The average molecular weight is 385 g/mol. The predicted octanol–water partition coefficient (Wildman–Crippen LogP) is 4.60. The number of ether oxygens (including phenoxy) is 2. The Morgan fingerprint density at radius 3 is 2.52 bits per heavy atom. The minimum atomic E-state index is 0.569. The monoisotopic (exact) mass is 385 g/mol. The molecule has 0 saturated heterocycles. The molecule has 1 aromatic carbocycles. The Hall–Kier alpha value is -2.67. The zero-order valence-corrected chi connectivity index (χ0v) is 16.4. The number of benzene rings is 1. The summed E-state index contributed by atoms with van der Waals surface area (Å²) in [5, 5.41) is 9.49. The van der Waals surface area contributed by atoms with Gasteiger partial charge < -0.3 is 13.9 Å². The Labute approximate surface area is 163 Å². The van der Waals surface area contributed by atoms with Crippen LogP contribution in [0.1, 0.15) is 12.7 Å². The van der Waals surface area contributed by atoms with Gasteiger partial charge in [0.05, 0.1) is 25.0 Å². The van der Waals surface area contributed by atoms with E-state index < -0.39 is 0 Å². The molecule has 3 rings (SSSR count). The smallest absolute Gasteiger partial charge is 0.191 e. The SMILES string of the molecule is C=CCn1c(SCCOc2ccc(OCC)cc2)nnc1-c1ccoc1C. The zero-order chi connectivity index (χ0) is 19.1. The molecule has 0 amide bonds. The first-order valence-electron chi connectivity index (χ1n) is 8.80. The number of aromatic nitrogens is 3. The molecule has 2 aromatic heterocycles. The molecule has 0 atom stereocenters. The summed E-state index contributed by atoms with van der Waals surface area (Å²) in [7, 11) is 0. The van der Waals surface area contributed by atoms with Gasteiger partial charge in [0.15, 0.2) is 11.0 Å². The van der Waals surface area contributed by atoms with Crippen LogP contribution >= 0.6 is 11.8 Å². The minimum absolute atomic E-state index is 0.569. The molecule has 27 heavy (non-hydrogen) atoms. The number of thioether (sulfide) groups is 1. The van der Waals surface area contributed by atoms with E-state index in [0.29, 0.717) is 19.8 Å². The van der Waals surface area contributed by atoms with Crippen LogP contribution in [-0.4, -0.2) is 33.7 Å². The van der Waals surface area contributed by atoms with Crippen LogP contribution in [0.25, 0.3) is 11.4 Å². The molecule has 0 bridgehead atoms. The third kappa shape index (κ3) is 4.74. The molecule has 3 aromatic rings. The maximum Gasteiger partial charge on any atom is 0.191 e. The highest BCUT2D eigenvalue weighted by Gasteiger charge is 2.16. The van der Waals surface area contributed by atoms with Gasteiger partial charge in [0.25, 0.3) is 0 Å². The molecule has 0 aliphatic rings. The summed E-state index contributed by atoms with van der Waals surface area (Å²) in [6.07, 6.45) is 3.50. The number of allylic oxidation sites excluding steroid dienone is 1. The standard InChI is InChI=1S/C20H23N3O3S/c1-4-11-23-19(18-10-12-25-15(18)3)21-22-20(23)27-14-13-26-17-8-6-16(7-9-17)24-5-2/h4,6-10,12H,1,5,11,13-14H2,2-3H3. The van der Waals surface area contributed by atoms with Crippen molar-refractivity contribution in [1.82, 2.24) is 14.8 Å². The second-order valence-corrected chi connectivity index (χ2v) is 6.76. The summed E-state index contributed by atoms with van der Waals surface area (Å²) in [6, 6.07) is 9.55.